The number of carbonyl (C=O) groups is 10. The van der Waals surface area contributed by atoms with Crippen LogP contribution in [0.4, 0.5) is 8.78 Å². The average molecular weight is 2000 g/mol. The van der Waals surface area contributed by atoms with Gasteiger partial charge in [-0.25, -0.2) is 8.78 Å². The molecule has 0 atom stereocenters. The third kappa shape index (κ3) is 51.4. The van der Waals surface area contributed by atoms with E-state index < -0.39 is 5.92 Å². The first-order chi connectivity index (χ1) is 66.5. The van der Waals surface area contributed by atoms with Crippen molar-refractivity contribution in [1.82, 2.24) is 88.6 Å². The largest absolute Gasteiger partial charge is 0.348 e. The summed E-state index contributed by atoms with van der Waals surface area (Å²) < 4.78 is 25.9. The Morgan fingerprint density at radius 1 is 0.401 bits per heavy atom. The molecular formula is C109H199F2N21O10. The van der Waals surface area contributed by atoms with Gasteiger partial charge in [-0.15, -0.1) is 0 Å². The zero-order valence-corrected chi connectivity index (χ0v) is 93.9. The van der Waals surface area contributed by atoms with Gasteiger partial charge in [-0.2, -0.15) is 15.8 Å². The number of piperazine rings is 3. The maximum atomic E-state index is 13.0. The number of alkyl halides is 2. The molecule has 10 saturated heterocycles. The van der Waals surface area contributed by atoms with Gasteiger partial charge in [0, 0.05) is 286 Å². The molecule has 0 aromatic carbocycles. The molecule has 10 fully saturated rings. The summed E-state index contributed by atoms with van der Waals surface area (Å²) in [6.07, 6.45) is 19.0. The van der Waals surface area contributed by atoms with Crippen LogP contribution < -0.4 is 5.32 Å². The van der Waals surface area contributed by atoms with E-state index in [1.165, 1.54) is 0 Å². The molecule has 10 heterocycles. The normalized spacial score (nSPS) is 19.4. The molecule has 10 aliphatic rings. The fourth-order valence-corrected chi connectivity index (χ4v) is 19.6. The summed E-state index contributed by atoms with van der Waals surface area (Å²) in [6.45, 7) is 66.3. The lowest BCUT2D eigenvalue weighted by atomic mass is 9.90. The van der Waals surface area contributed by atoms with E-state index in [4.69, 9.17) is 15.8 Å². The van der Waals surface area contributed by atoms with E-state index in [-0.39, 0.29) is 76.1 Å². The van der Waals surface area contributed by atoms with Crippen molar-refractivity contribution < 1.29 is 56.7 Å². The molecule has 0 saturated carbocycles. The van der Waals surface area contributed by atoms with E-state index in [1.54, 1.807) is 21.7 Å². The number of hydrogen-bond acceptors (Lipinski definition) is 21. The fourth-order valence-electron chi connectivity index (χ4n) is 19.6. The molecule has 142 heavy (non-hydrogen) atoms. The lowest BCUT2D eigenvalue weighted by Gasteiger charge is -2.41. The summed E-state index contributed by atoms with van der Waals surface area (Å²) in [4.78, 5) is 155. The van der Waals surface area contributed by atoms with Gasteiger partial charge in [-0.1, -0.05) is 104 Å². The number of nitriles is 3. The summed E-state index contributed by atoms with van der Waals surface area (Å²) in [5.41, 5.74) is -0.550. The molecule has 1 N–H and O–H groups in total. The Bertz CT molecular complexity index is 3840. The second-order valence-corrected chi connectivity index (χ2v) is 47.8. The molecule has 0 aromatic rings. The molecule has 10 aliphatic heterocycles. The molecule has 0 spiro atoms. The van der Waals surface area contributed by atoms with Gasteiger partial charge in [0.2, 0.25) is 59.1 Å². The first-order valence-electron chi connectivity index (χ1n) is 54.5. The van der Waals surface area contributed by atoms with Gasteiger partial charge in [0.1, 0.15) is 0 Å². The zero-order valence-electron chi connectivity index (χ0n) is 93.9. The Labute approximate surface area is 859 Å². The van der Waals surface area contributed by atoms with Gasteiger partial charge in [0.15, 0.2) is 0 Å². The number of piperidine rings is 6. The zero-order chi connectivity index (χ0) is 107. The molecule has 0 aliphatic carbocycles. The van der Waals surface area contributed by atoms with Crippen molar-refractivity contribution in [2.75, 3.05) is 252 Å². The lowest BCUT2D eigenvalue weighted by molar-refractivity contribution is -0.138. The van der Waals surface area contributed by atoms with Crippen LogP contribution in [0.3, 0.4) is 0 Å². The Hall–Kier alpha value is -7.29. The average Bonchev–Trinajstić information content (AvgIpc) is 0.835. The van der Waals surface area contributed by atoms with Gasteiger partial charge in [-0.05, 0) is 192 Å². The Morgan fingerprint density at radius 2 is 0.746 bits per heavy atom. The number of halogens is 2. The van der Waals surface area contributed by atoms with Crippen LogP contribution in [0.2, 0.25) is 0 Å². The molecule has 33 heteroatoms. The molecule has 10 amide bonds. The van der Waals surface area contributed by atoms with Crippen LogP contribution >= 0.6 is 0 Å². The maximum absolute atomic E-state index is 13.0. The minimum atomic E-state index is -2.65. The molecule has 10 rings (SSSR count). The van der Waals surface area contributed by atoms with Crippen LogP contribution in [-0.2, 0) is 47.9 Å². The molecule has 0 unspecified atom stereocenters. The van der Waals surface area contributed by atoms with Crippen LogP contribution in [0.5, 0.6) is 0 Å². The highest BCUT2D eigenvalue weighted by Gasteiger charge is 2.38. The minimum Gasteiger partial charge on any atom is -0.348 e. The van der Waals surface area contributed by atoms with Crippen LogP contribution in [0, 0.1) is 91.7 Å². The minimum absolute atomic E-state index is 0.0710. The lowest BCUT2D eigenvalue weighted by Crippen LogP contribution is -2.55. The van der Waals surface area contributed by atoms with E-state index >= 15 is 0 Å². The number of rotatable bonds is 33. The smallest absolute Gasteiger partial charge is 0.257 e. The van der Waals surface area contributed by atoms with Crippen molar-refractivity contribution in [2.45, 2.75) is 316 Å². The van der Waals surface area contributed by atoms with Gasteiger partial charge in [0.25, 0.3) is 5.92 Å². The van der Waals surface area contributed by atoms with Crippen molar-refractivity contribution in [3.63, 3.8) is 0 Å². The molecule has 814 valence electrons. The summed E-state index contributed by atoms with van der Waals surface area (Å²) in [7, 11) is 11.4. The van der Waals surface area contributed by atoms with Gasteiger partial charge in [-0.3, -0.25) is 72.4 Å². The number of unbranched alkanes of at least 4 members (excludes halogenated alkanes) is 1. The third-order valence-electron chi connectivity index (χ3n) is 28.7. The Morgan fingerprint density at radius 3 is 1.10 bits per heavy atom. The quantitative estimate of drug-likeness (QED) is 0.0597. The van der Waals surface area contributed by atoms with E-state index in [0.717, 1.165) is 260 Å². The van der Waals surface area contributed by atoms with Crippen molar-refractivity contribution >= 4 is 59.1 Å². The third-order valence-corrected chi connectivity index (χ3v) is 28.7. The molecule has 31 nitrogen and oxygen atoms in total. The number of nitrogens with zero attached hydrogens (tertiary/aromatic N) is 20. The highest BCUT2D eigenvalue weighted by molar-refractivity contribution is 5.81. The first-order valence-corrected chi connectivity index (χ1v) is 54.5. The second-order valence-electron chi connectivity index (χ2n) is 47.8. The van der Waals surface area contributed by atoms with Crippen molar-refractivity contribution in [2.24, 2.45) is 57.7 Å². The SMILES string of the molecule is CC(C)CC(=O)N1CCC(N(C)CC(=O)N2CCC2)CC1.CC(C)CC(=O)N1CCC(N(C)CC(C)(C)C#N)CC1.CC(C)CC(=O)N1CCC(N(C)CC(C)(F)F)CC1.CC(C)CC(=O)N1CCC(N2CCN(C)C(=O)C2)CC1.CC(C)CC(=O)N1CCC(NCC(C)(C)C#N)CC1.CC(C)CC(=O)N1CCN(CCCC#N)CC1.CN(C)C(=O)CN1CCN(CC2CCN(C(=O)CC(C)(C)C)CC2)CC1. The molecular weight excluding hydrogens is 1800 g/mol. The van der Waals surface area contributed by atoms with Gasteiger partial charge >= 0.3 is 0 Å². The maximum Gasteiger partial charge on any atom is 0.257 e. The standard InChI is InChI=1S/C20H38N4O2.C16H29N3O2.C16H29N3O.C15H27N3O2.C15H27N3O.C14H26F2N2O.C13H23N3O/c1-20(2,3)14-18(25)24-8-6-17(7-9-24)15-22-10-12-23(13-11-22)16-19(26)21(4)5;1-13(2)11-15(20)19-9-5-14(6-10-19)17(3)12-16(21)18-7-4-8-18;1-13(2)10-15(20)19-8-6-14(7-9-19)18(5)12-16(3,4)11-17;1-12(2)10-14(19)17-6-4-13(5-7-17)18-9-8-16(3)15(20)11-18;1-12(2)9-14(19)18-7-5-13(6-8-18)17-11-15(3,4)10-16;1-11(2)9-13(19)18-7-5-12(6-8-18)17(4)10-14(3,15)16;1-12(2)11-13(17)16-9-7-15(8-10-16)6-4-3-5-14/h17H,6-16H2,1-5H3;13-14H,4-12H2,1-3H3;13-14H,6-10,12H2,1-5H3;12-13H,4-11H2,1-3H3;12-13,17H,5-9,11H2,1-4H3;11-12H,5-10H2,1-4H3;12H,3-4,6-11H2,1-2H3. The molecule has 0 bridgehead atoms. The van der Waals surface area contributed by atoms with E-state index in [0.29, 0.717) is 168 Å². The second kappa shape index (κ2) is 64.1. The first kappa shape index (κ1) is 127. The summed E-state index contributed by atoms with van der Waals surface area (Å²) in [5.74, 6) is 3.15. The van der Waals surface area contributed by atoms with Crippen LogP contribution in [0.1, 0.15) is 280 Å². The summed E-state index contributed by atoms with van der Waals surface area (Å²) in [5, 5.41) is 30.0. The van der Waals surface area contributed by atoms with E-state index in [1.807, 2.05) is 104 Å². The van der Waals surface area contributed by atoms with Gasteiger partial charge < -0.3 is 64.1 Å². The highest BCUT2D eigenvalue weighted by Crippen LogP contribution is 2.30. The van der Waals surface area contributed by atoms with Crippen LogP contribution in [-0.4, -0.2) is 430 Å². The van der Waals surface area contributed by atoms with Crippen LogP contribution in [0.15, 0.2) is 0 Å². The number of likely N-dealkylation sites (N-methyl/N-ethyl adjacent to an activating group) is 3. The Balaban J connectivity index is 0.000000347. The monoisotopic (exact) mass is 2000 g/mol. The van der Waals surface area contributed by atoms with Crippen molar-refractivity contribution in [3.8, 4) is 18.2 Å². The van der Waals surface area contributed by atoms with Crippen molar-refractivity contribution in [1.29, 1.82) is 15.8 Å². The molecule has 0 radical (unpaired) electrons. The number of likely N-dealkylation sites (tertiary alicyclic amines) is 7. The number of nitrogens with one attached hydrogen (secondary N) is 1. The number of hydrogen-bond donors (Lipinski definition) is 1. The molecule has 0 aromatic heterocycles. The fraction of sp³-hybridized carbons (Fsp3) is 0.881. The summed E-state index contributed by atoms with van der Waals surface area (Å²) >= 11 is 0. The van der Waals surface area contributed by atoms with E-state index in [2.05, 4.69) is 155 Å². The van der Waals surface area contributed by atoms with E-state index in [9.17, 15) is 56.7 Å². The van der Waals surface area contributed by atoms with Crippen LogP contribution in [0.25, 0.3) is 0 Å². The predicted molar refractivity (Wildman–Crippen MR) is 563 cm³/mol. The van der Waals surface area contributed by atoms with Gasteiger partial charge in [0.05, 0.1) is 55.2 Å². The Kier molecular flexibility index (Phi) is 57.3. The highest BCUT2D eigenvalue weighted by atomic mass is 19.3. The summed E-state index contributed by atoms with van der Waals surface area (Å²) in [6, 6.07) is 8.81. The van der Waals surface area contributed by atoms with Crippen molar-refractivity contribution in [3.05, 3.63) is 0 Å². The number of amides is 10. The predicted octanol–water partition coefficient (Wildman–Crippen LogP) is 12.1. The number of carbonyl (C=O) groups excluding carboxylic acids is 10. The topological polar surface area (TPSA) is 309 Å².